The van der Waals surface area contributed by atoms with Gasteiger partial charge in [0.15, 0.2) is 5.82 Å². The van der Waals surface area contributed by atoms with Gasteiger partial charge in [-0.15, -0.1) is 0 Å². The lowest BCUT2D eigenvalue weighted by Crippen LogP contribution is -2.37. The highest BCUT2D eigenvalue weighted by Crippen LogP contribution is 2.17. The molecule has 1 aliphatic heterocycles. The second kappa shape index (κ2) is 5.96. The van der Waals surface area contributed by atoms with Crippen LogP contribution in [0.15, 0.2) is 10.9 Å². The third-order valence-corrected chi connectivity index (χ3v) is 3.16. The molecule has 2 heterocycles. The van der Waals surface area contributed by atoms with E-state index in [2.05, 4.69) is 27.3 Å². The molecule has 1 N–H and O–H groups in total. The van der Waals surface area contributed by atoms with E-state index in [1.54, 1.807) is 0 Å². The minimum Gasteiger partial charge on any atom is -0.343 e. The largest absolute Gasteiger partial charge is 0.343 e. The molecule has 2 rings (SSSR count). The topological polar surface area (TPSA) is 54.2 Å². The highest BCUT2D eigenvalue weighted by molar-refractivity contribution is 4.81. The van der Waals surface area contributed by atoms with Crippen molar-refractivity contribution in [2.75, 3.05) is 26.2 Å². The van der Waals surface area contributed by atoms with Crippen molar-refractivity contribution < 1.29 is 4.52 Å². The third kappa shape index (κ3) is 3.28. The molecule has 5 nitrogen and oxygen atoms in total. The van der Waals surface area contributed by atoms with Gasteiger partial charge in [-0.2, -0.15) is 4.98 Å². The molecule has 1 aliphatic rings. The molecular weight excluding hydrogens is 204 g/mol. The van der Waals surface area contributed by atoms with Gasteiger partial charge in [0, 0.05) is 0 Å². The summed E-state index contributed by atoms with van der Waals surface area (Å²) in [6.45, 7) is 7.50. The zero-order valence-electron chi connectivity index (χ0n) is 9.85. The number of hydrogen-bond acceptors (Lipinski definition) is 5. The van der Waals surface area contributed by atoms with Crippen LogP contribution in [0.5, 0.6) is 0 Å². The summed E-state index contributed by atoms with van der Waals surface area (Å²) in [6.07, 6.45) is 3.93. The molecule has 1 aromatic rings. The standard InChI is InChI=1S/C11H20N4O/c1-2-12-7-10-3-5-15(6-4-10)8-11-13-9-16-14-11/h9-10,12H,2-8H2,1H3. The minimum absolute atomic E-state index is 0.796. The van der Waals surface area contributed by atoms with E-state index in [1.807, 2.05) is 0 Å². The molecule has 0 bridgehead atoms. The average molecular weight is 224 g/mol. The van der Waals surface area contributed by atoms with Gasteiger partial charge in [0.05, 0.1) is 6.54 Å². The van der Waals surface area contributed by atoms with E-state index in [-0.39, 0.29) is 0 Å². The van der Waals surface area contributed by atoms with E-state index in [4.69, 9.17) is 4.52 Å². The summed E-state index contributed by atoms with van der Waals surface area (Å²) in [6, 6.07) is 0. The fourth-order valence-electron chi connectivity index (χ4n) is 2.16. The van der Waals surface area contributed by atoms with E-state index in [0.717, 1.165) is 44.5 Å². The van der Waals surface area contributed by atoms with Crippen LogP contribution in [0.1, 0.15) is 25.6 Å². The summed E-state index contributed by atoms with van der Waals surface area (Å²) >= 11 is 0. The first-order chi connectivity index (χ1) is 7.88. The summed E-state index contributed by atoms with van der Waals surface area (Å²) in [4.78, 5) is 6.44. The Kier molecular flexibility index (Phi) is 4.30. The zero-order valence-corrected chi connectivity index (χ0v) is 9.85. The van der Waals surface area contributed by atoms with E-state index in [0.29, 0.717) is 0 Å². The van der Waals surface area contributed by atoms with Gasteiger partial charge in [-0.05, 0) is 44.9 Å². The first-order valence-corrected chi connectivity index (χ1v) is 6.06. The molecule has 16 heavy (non-hydrogen) atoms. The SMILES string of the molecule is CCNCC1CCN(Cc2ncon2)CC1. The Morgan fingerprint density at radius 3 is 2.94 bits per heavy atom. The van der Waals surface area contributed by atoms with Crippen LogP contribution in [0.2, 0.25) is 0 Å². The molecule has 0 atom stereocenters. The van der Waals surface area contributed by atoms with Crippen LogP contribution in [0.25, 0.3) is 0 Å². The fraction of sp³-hybridized carbons (Fsp3) is 0.818. The molecule has 0 aliphatic carbocycles. The van der Waals surface area contributed by atoms with Gasteiger partial charge >= 0.3 is 0 Å². The number of hydrogen-bond donors (Lipinski definition) is 1. The number of likely N-dealkylation sites (tertiary alicyclic amines) is 1. The molecule has 0 spiro atoms. The van der Waals surface area contributed by atoms with E-state index in [9.17, 15) is 0 Å². The molecule has 0 radical (unpaired) electrons. The zero-order chi connectivity index (χ0) is 11.2. The van der Waals surface area contributed by atoms with Crippen LogP contribution in [0, 0.1) is 5.92 Å². The highest BCUT2D eigenvalue weighted by atomic mass is 16.5. The van der Waals surface area contributed by atoms with Gasteiger partial charge in [-0.3, -0.25) is 4.90 Å². The summed E-state index contributed by atoms with van der Waals surface area (Å²) in [5, 5.41) is 7.26. The third-order valence-electron chi connectivity index (χ3n) is 3.16. The van der Waals surface area contributed by atoms with Crippen molar-refractivity contribution in [3.63, 3.8) is 0 Å². The Labute approximate surface area is 96.2 Å². The molecule has 1 fully saturated rings. The second-order valence-corrected chi connectivity index (χ2v) is 4.37. The smallest absolute Gasteiger partial charge is 0.213 e. The van der Waals surface area contributed by atoms with Crippen molar-refractivity contribution in [2.24, 2.45) is 5.92 Å². The minimum atomic E-state index is 0.796. The van der Waals surface area contributed by atoms with Gasteiger partial charge in [0.1, 0.15) is 0 Å². The number of nitrogens with zero attached hydrogens (tertiary/aromatic N) is 3. The first kappa shape index (κ1) is 11.5. The van der Waals surface area contributed by atoms with E-state index in [1.165, 1.54) is 19.2 Å². The normalized spacial score (nSPS) is 19.1. The molecular formula is C11H20N4O. The maximum atomic E-state index is 4.73. The monoisotopic (exact) mass is 224 g/mol. The molecule has 1 saturated heterocycles. The summed E-state index contributed by atoms with van der Waals surface area (Å²) in [7, 11) is 0. The summed E-state index contributed by atoms with van der Waals surface area (Å²) in [5.41, 5.74) is 0. The van der Waals surface area contributed by atoms with Crippen molar-refractivity contribution in [3.8, 4) is 0 Å². The summed E-state index contributed by atoms with van der Waals surface area (Å²) in [5.74, 6) is 1.63. The molecule has 1 aromatic heterocycles. The van der Waals surface area contributed by atoms with Gasteiger partial charge in [-0.25, -0.2) is 0 Å². The van der Waals surface area contributed by atoms with E-state index >= 15 is 0 Å². The van der Waals surface area contributed by atoms with Crippen molar-refractivity contribution in [1.82, 2.24) is 20.4 Å². The van der Waals surface area contributed by atoms with Crippen LogP contribution >= 0.6 is 0 Å². The Morgan fingerprint density at radius 1 is 1.50 bits per heavy atom. The average Bonchev–Trinajstić information content (AvgIpc) is 2.81. The van der Waals surface area contributed by atoms with Crippen molar-refractivity contribution >= 4 is 0 Å². The van der Waals surface area contributed by atoms with Crippen LogP contribution in [0.4, 0.5) is 0 Å². The highest BCUT2D eigenvalue weighted by Gasteiger charge is 2.19. The van der Waals surface area contributed by atoms with Crippen LogP contribution in [-0.4, -0.2) is 41.2 Å². The van der Waals surface area contributed by atoms with Gasteiger partial charge in [-0.1, -0.05) is 12.1 Å². The Morgan fingerprint density at radius 2 is 2.31 bits per heavy atom. The lowest BCUT2D eigenvalue weighted by atomic mass is 9.97. The number of piperidine rings is 1. The fourth-order valence-corrected chi connectivity index (χ4v) is 2.16. The van der Waals surface area contributed by atoms with Crippen LogP contribution in [0.3, 0.4) is 0 Å². The number of aromatic nitrogens is 2. The lowest BCUT2D eigenvalue weighted by Gasteiger charge is -2.31. The predicted molar refractivity (Wildman–Crippen MR) is 60.8 cm³/mol. The van der Waals surface area contributed by atoms with Crippen LogP contribution in [-0.2, 0) is 6.54 Å². The molecule has 5 heteroatoms. The predicted octanol–water partition coefficient (Wildman–Crippen LogP) is 0.891. The van der Waals surface area contributed by atoms with Gasteiger partial charge in [0.2, 0.25) is 6.39 Å². The Bertz CT molecular complexity index is 280. The van der Waals surface area contributed by atoms with Gasteiger partial charge in [0.25, 0.3) is 0 Å². The van der Waals surface area contributed by atoms with Crippen molar-refractivity contribution in [2.45, 2.75) is 26.3 Å². The van der Waals surface area contributed by atoms with E-state index < -0.39 is 0 Å². The van der Waals surface area contributed by atoms with Crippen molar-refractivity contribution in [3.05, 3.63) is 12.2 Å². The van der Waals surface area contributed by atoms with Gasteiger partial charge < -0.3 is 9.84 Å². The molecule has 0 aromatic carbocycles. The maximum Gasteiger partial charge on any atom is 0.213 e. The Hall–Kier alpha value is -0.940. The summed E-state index contributed by atoms with van der Waals surface area (Å²) < 4.78 is 4.73. The first-order valence-electron chi connectivity index (χ1n) is 6.06. The number of nitrogens with one attached hydrogen (secondary N) is 1. The van der Waals surface area contributed by atoms with Crippen molar-refractivity contribution in [1.29, 1.82) is 0 Å². The molecule has 0 unspecified atom stereocenters. The quantitative estimate of drug-likeness (QED) is 0.805. The molecule has 0 saturated carbocycles. The number of rotatable bonds is 5. The molecule has 90 valence electrons. The molecule has 0 amide bonds. The second-order valence-electron chi connectivity index (χ2n) is 4.37. The van der Waals surface area contributed by atoms with Crippen LogP contribution < -0.4 is 5.32 Å². The maximum absolute atomic E-state index is 4.73. The Balaban J connectivity index is 1.69. The lowest BCUT2D eigenvalue weighted by molar-refractivity contribution is 0.171.